The number of hydrogen-bond acceptors (Lipinski definition) is 4. The van der Waals surface area contributed by atoms with Crippen LogP contribution in [-0.2, 0) is 4.79 Å². The summed E-state index contributed by atoms with van der Waals surface area (Å²) in [5, 5.41) is 19.5. The normalized spacial score (nSPS) is 11.5. The molecule has 0 aliphatic rings. The molecule has 0 spiro atoms. The van der Waals surface area contributed by atoms with Gasteiger partial charge in [0.2, 0.25) is 0 Å². The van der Waals surface area contributed by atoms with Gasteiger partial charge in [-0.1, -0.05) is 142 Å². The largest absolute Gasteiger partial charge is 0.481 e. The molecule has 0 aromatic heterocycles. The number of carboxylic acids is 1. The minimum atomic E-state index is -0.664. The van der Waals surface area contributed by atoms with Crippen molar-refractivity contribution < 1.29 is 9.90 Å². The van der Waals surface area contributed by atoms with Gasteiger partial charge in [0.1, 0.15) is 0 Å². The van der Waals surface area contributed by atoms with Crippen LogP contribution in [0.25, 0.3) is 0 Å². The fraction of sp³-hybridized carbons (Fsp3) is 0.973. The number of nitrogens with one attached hydrogen (secondary N) is 3. The quantitative estimate of drug-likeness (QED) is 0.0534. The number of unbranched alkanes of at least 4 members (excludes halogenated alkanes) is 24. The molecule has 252 valence electrons. The Hall–Kier alpha value is -0.650. The molecule has 42 heavy (non-hydrogen) atoms. The number of aliphatic carboxylic acids is 1. The average Bonchev–Trinajstić information content (AvgIpc) is 2.98. The number of hydrogen-bond donors (Lipinski definition) is 4. The molecule has 0 radical (unpaired) electrons. The van der Waals surface area contributed by atoms with Gasteiger partial charge in [0, 0.05) is 6.42 Å². The van der Waals surface area contributed by atoms with Crippen molar-refractivity contribution in [1.29, 1.82) is 0 Å². The second-order valence-corrected chi connectivity index (χ2v) is 12.9. The summed E-state index contributed by atoms with van der Waals surface area (Å²) in [5.74, 6) is -0.664. The summed E-state index contributed by atoms with van der Waals surface area (Å²) in [4.78, 5) is 10.5. The first-order valence-corrected chi connectivity index (χ1v) is 19.1. The van der Waals surface area contributed by atoms with E-state index in [1.165, 1.54) is 193 Å². The maximum atomic E-state index is 10.5. The topological polar surface area (TPSA) is 73.4 Å². The first-order valence-electron chi connectivity index (χ1n) is 19.1. The monoisotopic (exact) mass is 596 g/mol. The van der Waals surface area contributed by atoms with Gasteiger partial charge in [-0.05, 0) is 84.2 Å². The maximum absolute atomic E-state index is 10.5. The highest BCUT2D eigenvalue weighted by Gasteiger charge is 1.98. The zero-order valence-corrected chi connectivity index (χ0v) is 28.6. The lowest BCUT2D eigenvalue weighted by Crippen LogP contribution is -2.20. The van der Waals surface area contributed by atoms with Crippen LogP contribution in [0.15, 0.2) is 0 Å². The number of rotatable bonds is 38. The molecule has 0 amide bonds. The summed E-state index contributed by atoms with van der Waals surface area (Å²) in [6.45, 7) is 9.31. The second kappa shape index (κ2) is 38.4. The lowest BCUT2D eigenvalue weighted by molar-refractivity contribution is -0.137. The Balaban J connectivity index is 3.03. The van der Waals surface area contributed by atoms with Gasteiger partial charge in [0.25, 0.3) is 0 Å². The minimum absolute atomic E-state index is 0.326. The molecule has 0 aliphatic heterocycles. The molecule has 0 rings (SSSR count). The van der Waals surface area contributed by atoms with Crippen LogP contribution in [0, 0.1) is 0 Å². The van der Waals surface area contributed by atoms with E-state index in [2.05, 4.69) is 22.9 Å². The van der Waals surface area contributed by atoms with Crippen LogP contribution < -0.4 is 16.0 Å². The van der Waals surface area contributed by atoms with Gasteiger partial charge < -0.3 is 21.1 Å². The Kier molecular flexibility index (Phi) is 37.8. The van der Waals surface area contributed by atoms with E-state index < -0.39 is 5.97 Å². The van der Waals surface area contributed by atoms with Gasteiger partial charge in [-0.3, -0.25) is 4.79 Å². The fourth-order valence-electron chi connectivity index (χ4n) is 5.76. The molecule has 0 fully saturated rings. The molecule has 0 bridgehead atoms. The van der Waals surface area contributed by atoms with E-state index in [0.29, 0.717) is 6.42 Å². The van der Waals surface area contributed by atoms with E-state index in [9.17, 15) is 4.79 Å². The Labute approximate surface area is 263 Å². The predicted octanol–water partition coefficient (Wildman–Crippen LogP) is 10.2. The van der Waals surface area contributed by atoms with Crippen LogP contribution in [0.5, 0.6) is 0 Å². The zero-order chi connectivity index (χ0) is 30.4. The molecule has 0 aromatic rings. The predicted molar refractivity (Wildman–Crippen MR) is 186 cm³/mol. The molecule has 5 nitrogen and oxygen atoms in total. The summed E-state index contributed by atoms with van der Waals surface area (Å²) in [7, 11) is 0. The van der Waals surface area contributed by atoms with Crippen LogP contribution in [0.1, 0.15) is 193 Å². The third kappa shape index (κ3) is 39.4. The van der Waals surface area contributed by atoms with Gasteiger partial charge in [-0.15, -0.1) is 0 Å². The Bertz CT molecular complexity index is 503. The van der Waals surface area contributed by atoms with Crippen LogP contribution in [0.4, 0.5) is 0 Å². The number of carbonyl (C=O) groups is 1. The lowest BCUT2D eigenvalue weighted by atomic mass is 10.0. The summed E-state index contributed by atoms with van der Waals surface area (Å²) >= 11 is 0. The van der Waals surface area contributed by atoms with Gasteiger partial charge in [-0.2, -0.15) is 0 Å². The average molecular weight is 596 g/mol. The van der Waals surface area contributed by atoms with Crippen LogP contribution >= 0.6 is 0 Å². The van der Waals surface area contributed by atoms with E-state index in [4.69, 9.17) is 5.11 Å². The fourth-order valence-corrected chi connectivity index (χ4v) is 5.76. The number of carboxylic acid groups (broad SMARTS) is 1. The van der Waals surface area contributed by atoms with Crippen molar-refractivity contribution in [3.05, 3.63) is 0 Å². The van der Waals surface area contributed by atoms with Gasteiger partial charge in [-0.25, -0.2) is 0 Å². The van der Waals surface area contributed by atoms with Gasteiger partial charge >= 0.3 is 5.97 Å². The summed E-state index contributed by atoms with van der Waals surface area (Å²) in [6.07, 6.45) is 38.1. The molecule has 0 aliphatic carbocycles. The molecule has 0 saturated carbocycles. The van der Waals surface area contributed by atoms with Gasteiger partial charge in [0.05, 0.1) is 0 Å². The third-order valence-electron chi connectivity index (χ3n) is 8.62. The first-order chi connectivity index (χ1) is 20.8. The molecule has 0 heterocycles. The molecular weight excluding hydrogens is 518 g/mol. The highest BCUT2D eigenvalue weighted by Crippen LogP contribution is 2.13. The SMILES string of the molecule is CCCCCCCCCCCCCCCCCNCCCCNCCCCCCCCNCCCCCCCC(=O)O. The van der Waals surface area contributed by atoms with E-state index in [-0.39, 0.29) is 0 Å². The minimum Gasteiger partial charge on any atom is -0.481 e. The van der Waals surface area contributed by atoms with Crippen molar-refractivity contribution in [3.8, 4) is 0 Å². The molecule has 0 atom stereocenters. The summed E-state index contributed by atoms with van der Waals surface area (Å²) in [5.41, 5.74) is 0. The van der Waals surface area contributed by atoms with E-state index in [0.717, 1.165) is 25.9 Å². The first kappa shape index (κ1) is 41.4. The maximum Gasteiger partial charge on any atom is 0.303 e. The summed E-state index contributed by atoms with van der Waals surface area (Å²) < 4.78 is 0. The van der Waals surface area contributed by atoms with Crippen molar-refractivity contribution in [1.82, 2.24) is 16.0 Å². The standard InChI is InChI=1S/C37H77N3O2/c1-2-3-4-5-6-7-8-9-10-11-12-13-14-19-24-33-39-35-28-29-36-40-34-26-21-16-15-20-25-31-38-32-27-22-17-18-23-30-37(41)42/h38-40H,2-36H2,1H3,(H,41,42). The highest BCUT2D eigenvalue weighted by atomic mass is 16.4. The van der Waals surface area contributed by atoms with Crippen molar-refractivity contribution in [2.24, 2.45) is 0 Å². The third-order valence-corrected chi connectivity index (χ3v) is 8.62. The Morgan fingerprint density at radius 3 is 0.833 bits per heavy atom. The van der Waals surface area contributed by atoms with Crippen molar-refractivity contribution in [2.45, 2.75) is 193 Å². The van der Waals surface area contributed by atoms with E-state index in [1.54, 1.807) is 0 Å². The molecule has 0 aromatic carbocycles. The van der Waals surface area contributed by atoms with Crippen molar-refractivity contribution in [2.75, 3.05) is 39.3 Å². The molecule has 5 heteroatoms. The molecule has 4 N–H and O–H groups in total. The molecule has 0 saturated heterocycles. The summed E-state index contributed by atoms with van der Waals surface area (Å²) in [6, 6.07) is 0. The van der Waals surface area contributed by atoms with Crippen molar-refractivity contribution >= 4 is 5.97 Å². The van der Waals surface area contributed by atoms with E-state index in [1.807, 2.05) is 0 Å². The van der Waals surface area contributed by atoms with Crippen LogP contribution in [0.2, 0.25) is 0 Å². The van der Waals surface area contributed by atoms with Crippen LogP contribution in [-0.4, -0.2) is 50.3 Å². The highest BCUT2D eigenvalue weighted by molar-refractivity contribution is 5.66. The van der Waals surface area contributed by atoms with Crippen molar-refractivity contribution in [3.63, 3.8) is 0 Å². The molecule has 0 unspecified atom stereocenters. The Morgan fingerprint density at radius 1 is 0.357 bits per heavy atom. The van der Waals surface area contributed by atoms with Crippen LogP contribution in [0.3, 0.4) is 0 Å². The zero-order valence-electron chi connectivity index (χ0n) is 28.6. The second-order valence-electron chi connectivity index (χ2n) is 12.9. The smallest absolute Gasteiger partial charge is 0.303 e. The Morgan fingerprint density at radius 2 is 0.571 bits per heavy atom. The molecular formula is C37H77N3O2. The lowest BCUT2D eigenvalue weighted by Gasteiger charge is -2.07. The van der Waals surface area contributed by atoms with Gasteiger partial charge in [0.15, 0.2) is 0 Å². The van der Waals surface area contributed by atoms with E-state index >= 15 is 0 Å².